The zero-order valence-electron chi connectivity index (χ0n) is 9.06. The fraction of sp³-hybridized carbons (Fsp3) is 0.455. The summed E-state index contributed by atoms with van der Waals surface area (Å²) in [7, 11) is -2.17. The van der Waals surface area contributed by atoms with Gasteiger partial charge in [0, 0.05) is 19.8 Å². The molecule has 1 unspecified atom stereocenters. The summed E-state index contributed by atoms with van der Waals surface area (Å²) in [4.78, 5) is 9.75. The SMILES string of the molecule is CCOCCCO[SiH](O)c1ccccc1. The Labute approximate surface area is 92.5 Å². The molecule has 84 valence electrons. The number of hydrogen-bond acceptors (Lipinski definition) is 3. The fourth-order valence-electron chi connectivity index (χ4n) is 1.21. The summed E-state index contributed by atoms with van der Waals surface area (Å²) >= 11 is 0. The van der Waals surface area contributed by atoms with Gasteiger partial charge in [-0.3, -0.25) is 0 Å². The molecule has 0 aliphatic carbocycles. The van der Waals surface area contributed by atoms with Crippen LogP contribution >= 0.6 is 0 Å². The Morgan fingerprint density at radius 1 is 1.20 bits per heavy atom. The van der Waals surface area contributed by atoms with Gasteiger partial charge >= 0.3 is 9.28 Å². The second kappa shape index (κ2) is 7.59. The Morgan fingerprint density at radius 2 is 1.93 bits per heavy atom. The molecule has 0 aliphatic rings. The number of rotatable bonds is 7. The van der Waals surface area contributed by atoms with E-state index in [1.807, 2.05) is 37.3 Å². The van der Waals surface area contributed by atoms with E-state index in [2.05, 4.69) is 0 Å². The Balaban J connectivity index is 2.16. The number of benzene rings is 1. The van der Waals surface area contributed by atoms with Gasteiger partial charge in [-0.05, 0) is 18.5 Å². The van der Waals surface area contributed by atoms with Crippen molar-refractivity contribution in [2.75, 3.05) is 19.8 Å². The van der Waals surface area contributed by atoms with Gasteiger partial charge in [-0.1, -0.05) is 30.3 Å². The average Bonchev–Trinajstić information content (AvgIpc) is 2.30. The van der Waals surface area contributed by atoms with Crippen molar-refractivity contribution < 1.29 is 14.0 Å². The number of hydrogen-bond donors (Lipinski definition) is 1. The van der Waals surface area contributed by atoms with Crippen molar-refractivity contribution in [1.29, 1.82) is 0 Å². The third-order valence-electron chi connectivity index (χ3n) is 2.00. The zero-order valence-corrected chi connectivity index (χ0v) is 10.2. The van der Waals surface area contributed by atoms with Crippen LogP contribution in [0.4, 0.5) is 0 Å². The highest BCUT2D eigenvalue weighted by molar-refractivity contribution is 6.59. The minimum atomic E-state index is -2.17. The lowest BCUT2D eigenvalue weighted by Crippen LogP contribution is -2.33. The van der Waals surface area contributed by atoms with Crippen molar-refractivity contribution in [3.8, 4) is 0 Å². The molecule has 4 heteroatoms. The molecule has 0 aromatic heterocycles. The summed E-state index contributed by atoms with van der Waals surface area (Å²) in [5.41, 5.74) is 0. The lowest BCUT2D eigenvalue weighted by molar-refractivity contribution is 0.127. The number of ether oxygens (including phenoxy) is 1. The predicted molar refractivity (Wildman–Crippen MR) is 62.5 cm³/mol. The van der Waals surface area contributed by atoms with E-state index in [1.54, 1.807) is 0 Å². The maximum Gasteiger partial charge on any atom is 0.353 e. The third kappa shape index (κ3) is 5.08. The van der Waals surface area contributed by atoms with E-state index in [4.69, 9.17) is 9.16 Å². The summed E-state index contributed by atoms with van der Waals surface area (Å²) in [5.74, 6) is 0. The van der Waals surface area contributed by atoms with Crippen molar-refractivity contribution >= 4 is 14.5 Å². The molecule has 3 nitrogen and oxygen atoms in total. The largest absolute Gasteiger partial charge is 0.410 e. The van der Waals surface area contributed by atoms with Crippen LogP contribution in [0.25, 0.3) is 0 Å². The van der Waals surface area contributed by atoms with Crippen molar-refractivity contribution in [2.24, 2.45) is 0 Å². The molecule has 15 heavy (non-hydrogen) atoms. The van der Waals surface area contributed by atoms with Crippen LogP contribution in [0.3, 0.4) is 0 Å². The zero-order chi connectivity index (χ0) is 10.9. The molecular formula is C11H18O3Si. The van der Waals surface area contributed by atoms with Gasteiger partial charge in [-0.2, -0.15) is 0 Å². The minimum absolute atomic E-state index is 0.572. The molecule has 0 saturated heterocycles. The lowest BCUT2D eigenvalue weighted by atomic mass is 10.4. The van der Waals surface area contributed by atoms with Gasteiger partial charge in [0.2, 0.25) is 0 Å². The van der Waals surface area contributed by atoms with E-state index in [1.165, 1.54) is 0 Å². The summed E-state index contributed by atoms with van der Waals surface area (Å²) < 4.78 is 10.6. The first-order chi connectivity index (χ1) is 7.34. The molecule has 0 aliphatic heterocycles. The molecule has 0 radical (unpaired) electrons. The molecule has 0 spiro atoms. The maximum absolute atomic E-state index is 9.75. The normalized spacial score (nSPS) is 12.7. The molecule has 1 aromatic carbocycles. The van der Waals surface area contributed by atoms with Crippen molar-refractivity contribution in [2.45, 2.75) is 13.3 Å². The second-order valence-corrected chi connectivity index (χ2v) is 4.89. The molecule has 1 atom stereocenters. The molecular weight excluding hydrogens is 208 g/mol. The molecule has 1 aromatic rings. The molecule has 0 fully saturated rings. The smallest absolute Gasteiger partial charge is 0.353 e. The first-order valence-electron chi connectivity index (χ1n) is 5.27. The highest BCUT2D eigenvalue weighted by Crippen LogP contribution is 1.90. The van der Waals surface area contributed by atoms with Crippen molar-refractivity contribution in [1.82, 2.24) is 0 Å². The van der Waals surface area contributed by atoms with Gasteiger partial charge in [0.1, 0.15) is 0 Å². The average molecular weight is 226 g/mol. The Morgan fingerprint density at radius 3 is 2.60 bits per heavy atom. The van der Waals surface area contributed by atoms with Crippen LogP contribution in [0.5, 0.6) is 0 Å². The first kappa shape index (κ1) is 12.4. The van der Waals surface area contributed by atoms with E-state index in [0.717, 1.165) is 18.2 Å². The van der Waals surface area contributed by atoms with Gasteiger partial charge in [0.25, 0.3) is 0 Å². The monoisotopic (exact) mass is 226 g/mol. The first-order valence-corrected chi connectivity index (χ1v) is 6.83. The van der Waals surface area contributed by atoms with Crippen LogP contribution in [-0.2, 0) is 9.16 Å². The van der Waals surface area contributed by atoms with Crippen LogP contribution in [0.2, 0.25) is 0 Å². The standard InChI is InChI=1S/C11H18O3Si/c1-2-13-9-6-10-14-15(12)11-7-4-3-5-8-11/h3-5,7-8,12,15H,2,6,9-10H2,1H3. The van der Waals surface area contributed by atoms with Crippen LogP contribution in [-0.4, -0.2) is 33.9 Å². The summed E-state index contributed by atoms with van der Waals surface area (Å²) in [5, 5.41) is 0.925. The van der Waals surface area contributed by atoms with E-state index < -0.39 is 9.28 Å². The quantitative estimate of drug-likeness (QED) is 0.545. The maximum atomic E-state index is 9.75. The fourth-order valence-corrected chi connectivity index (χ4v) is 2.35. The van der Waals surface area contributed by atoms with E-state index in [9.17, 15) is 4.80 Å². The van der Waals surface area contributed by atoms with E-state index in [-0.39, 0.29) is 0 Å². The lowest BCUT2D eigenvalue weighted by Gasteiger charge is -2.09. The summed E-state index contributed by atoms with van der Waals surface area (Å²) in [6, 6.07) is 9.56. The molecule has 1 N–H and O–H groups in total. The predicted octanol–water partition coefficient (Wildman–Crippen LogP) is 0.550. The Hall–Kier alpha value is -0.683. The second-order valence-electron chi connectivity index (χ2n) is 3.18. The van der Waals surface area contributed by atoms with Gasteiger partial charge in [0.05, 0.1) is 0 Å². The molecule has 0 bridgehead atoms. The minimum Gasteiger partial charge on any atom is -0.410 e. The van der Waals surface area contributed by atoms with Crippen LogP contribution in [0.15, 0.2) is 30.3 Å². The van der Waals surface area contributed by atoms with Gasteiger partial charge in [-0.15, -0.1) is 0 Å². The van der Waals surface area contributed by atoms with E-state index >= 15 is 0 Å². The van der Waals surface area contributed by atoms with Gasteiger partial charge in [0.15, 0.2) is 0 Å². The summed E-state index contributed by atoms with van der Waals surface area (Å²) in [6.45, 7) is 3.97. The van der Waals surface area contributed by atoms with Gasteiger partial charge < -0.3 is 14.0 Å². The molecule has 0 amide bonds. The Bertz CT molecular complexity index is 253. The van der Waals surface area contributed by atoms with E-state index in [0.29, 0.717) is 13.2 Å². The van der Waals surface area contributed by atoms with Crippen molar-refractivity contribution in [3.63, 3.8) is 0 Å². The van der Waals surface area contributed by atoms with Crippen LogP contribution in [0, 0.1) is 0 Å². The van der Waals surface area contributed by atoms with Crippen molar-refractivity contribution in [3.05, 3.63) is 30.3 Å². The molecule has 0 heterocycles. The van der Waals surface area contributed by atoms with Crippen LogP contribution < -0.4 is 5.19 Å². The highest BCUT2D eigenvalue weighted by atomic mass is 28.3. The summed E-state index contributed by atoms with van der Waals surface area (Å²) in [6.07, 6.45) is 0.838. The van der Waals surface area contributed by atoms with Gasteiger partial charge in [-0.25, -0.2) is 0 Å². The highest BCUT2D eigenvalue weighted by Gasteiger charge is 2.09. The third-order valence-corrected chi connectivity index (χ3v) is 3.50. The Kier molecular flexibility index (Phi) is 6.27. The molecule has 1 rings (SSSR count). The topological polar surface area (TPSA) is 38.7 Å². The molecule has 0 saturated carbocycles. The van der Waals surface area contributed by atoms with Crippen LogP contribution in [0.1, 0.15) is 13.3 Å².